The van der Waals surface area contributed by atoms with Gasteiger partial charge in [0.1, 0.15) is 17.7 Å². The lowest BCUT2D eigenvalue weighted by Gasteiger charge is -2.18. The molecule has 8 nitrogen and oxygen atoms in total. The molecule has 0 spiro atoms. The maximum atomic E-state index is 12.7. The third-order valence-electron chi connectivity index (χ3n) is 4.31. The van der Waals surface area contributed by atoms with Gasteiger partial charge in [-0.1, -0.05) is 20.8 Å². The number of hydrogen-bond donors (Lipinski definition) is 1. The lowest BCUT2D eigenvalue weighted by atomic mass is 9.87. The normalized spacial score (nSPS) is 11.4. The molecule has 1 amide bonds. The first-order valence-electron chi connectivity index (χ1n) is 8.93. The van der Waals surface area contributed by atoms with Crippen molar-refractivity contribution in [2.45, 2.75) is 26.2 Å². The van der Waals surface area contributed by atoms with Gasteiger partial charge in [0.15, 0.2) is 5.13 Å². The van der Waals surface area contributed by atoms with E-state index < -0.39 is 0 Å². The highest BCUT2D eigenvalue weighted by Crippen LogP contribution is 2.28. The van der Waals surface area contributed by atoms with Gasteiger partial charge in [0.05, 0.1) is 36.3 Å². The molecule has 0 unspecified atom stereocenters. The Morgan fingerprint density at radius 3 is 2.66 bits per heavy atom. The molecule has 0 saturated heterocycles. The Bertz CT molecular complexity index is 1140. The highest BCUT2D eigenvalue weighted by atomic mass is 32.1. The van der Waals surface area contributed by atoms with Crippen LogP contribution in [-0.4, -0.2) is 35.4 Å². The van der Waals surface area contributed by atoms with E-state index in [0.717, 1.165) is 11.4 Å². The Hall–Kier alpha value is -3.46. The molecule has 0 bridgehead atoms. The highest BCUT2D eigenvalue weighted by Gasteiger charge is 2.18. The maximum Gasteiger partial charge on any atom is 0.276 e. The van der Waals surface area contributed by atoms with Gasteiger partial charge in [0, 0.05) is 11.6 Å². The second kappa shape index (κ2) is 7.51. The summed E-state index contributed by atoms with van der Waals surface area (Å²) in [7, 11) is 0. The van der Waals surface area contributed by atoms with E-state index in [9.17, 15) is 4.79 Å². The number of amides is 1. The van der Waals surface area contributed by atoms with Crippen LogP contribution >= 0.6 is 11.3 Å². The van der Waals surface area contributed by atoms with E-state index in [0.29, 0.717) is 16.5 Å². The van der Waals surface area contributed by atoms with Crippen LogP contribution in [0.5, 0.6) is 0 Å². The number of carbonyl (C=O) groups excluding carboxylic acids is 1. The van der Waals surface area contributed by atoms with Crippen LogP contribution in [0.15, 0.2) is 55.0 Å². The zero-order valence-electron chi connectivity index (χ0n) is 16.2. The molecule has 0 fully saturated rings. The molecule has 0 aromatic carbocycles. The molecule has 4 aromatic rings. The number of thiazole rings is 1. The number of anilines is 1. The van der Waals surface area contributed by atoms with E-state index >= 15 is 0 Å². The van der Waals surface area contributed by atoms with Crippen LogP contribution < -0.4 is 5.32 Å². The third kappa shape index (κ3) is 4.04. The number of nitrogens with one attached hydrogen (secondary N) is 1. The predicted molar refractivity (Wildman–Crippen MR) is 111 cm³/mol. The minimum atomic E-state index is -0.316. The van der Waals surface area contributed by atoms with Crippen molar-refractivity contribution >= 4 is 22.4 Å². The van der Waals surface area contributed by atoms with Crippen molar-refractivity contribution in [3.8, 4) is 17.1 Å². The van der Waals surface area contributed by atoms with Crippen molar-refractivity contribution in [1.29, 1.82) is 0 Å². The summed E-state index contributed by atoms with van der Waals surface area (Å²) in [5, 5.41) is 5.20. The lowest BCUT2D eigenvalue weighted by Crippen LogP contribution is -2.16. The molecule has 0 aliphatic heterocycles. The quantitative estimate of drug-likeness (QED) is 0.555. The zero-order valence-corrected chi connectivity index (χ0v) is 17.0. The van der Waals surface area contributed by atoms with Gasteiger partial charge in [-0.2, -0.15) is 0 Å². The fourth-order valence-corrected chi connectivity index (χ4v) is 3.43. The van der Waals surface area contributed by atoms with Gasteiger partial charge in [0.2, 0.25) is 0 Å². The summed E-state index contributed by atoms with van der Waals surface area (Å²) >= 11 is 1.35. The molecule has 4 rings (SSSR count). The molecule has 29 heavy (non-hydrogen) atoms. The molecule has 9 heteroatoms. The Kier molecular flexibility index (Phi) is 4.89. The molecule has 4 aromatic heterocycles. The van der Waals surface area contributed by atoms with Crippen molar-refractivity contribution in [3.05, 3.63) is 66.2 Å². The summed E-state index contributed by atoms with van der Waals surface area (Å²) < 4.78 is 1.62. The summed E-state index contributed by atoms with van der Waals surface area (Å²) in [5.41, 5.74) is 3.71. The molecular weight excluding hydrogens is 386 g/mol. The van der Waals surface area contributed by atoms with E-state index in [1.807, 2.05) is 17.5 Å². The molecule has 4 heterocycles. The predicted octanol–water partition coefficient (Wildman–Crippen LogP) is 3.73. The summed E-state index contributed by atoms with van der Waals surface area (Å²) in [6.07, 6.45) is 9.48. The van der Waals surface area contributed by atoms with Gasteiger partial charge in [-0.15, -0.1) is 11.3 Å². The van der Waals surface area contributed by atoms with Gasteiger partial charge in [-0.25, -0.2) is 19.9 Å². The number of nitrogens with zero attached hydrogens (tertiary/aromatic N) is 6. The number of carbonyl (C=O) groups is 1. The Morgan fingerprint density at radius 2 is 1.90 bits per heavy atom. The van der Waals surface area contributed by atoms with Crippen molar-refractivity contribution in [1.82, 2.24) is 29.5 Å². The largest absolute Gasteiger partial charge is 0.296 e. The molecule has 0 aliphatic rings. The molecule has 1 N–H and O–H groups in total. The van der Waals surface area contributed by atoms with Crippen LogP contribution in [-0.2, 0) is 5.41 Å². The van der Waals surface area contributed by atoms with Crippen molar-refractivity contribution in [2.75, 3.05) is 5.32 Å². The second-order valence-corrected chi connectivity index (χ2v) is 8.28. The minimum Gasteiger partial charge on any atom is -0.296 e. The smallest absolute Gasteiger partial charge is 0.276 e. The van der Waals surface area contributed by atoms with Gasteiger partial charge in [-0.05, 0) is 23.1 Å². The van der Waals surface area contributed by atoms with Crippen LogP contribution in [0, 0.1) is 0 Å². The molecular formula is C20H19N7OS. The average Bonchev–Trinajstić information content (AvgIpc) is 3.38. The SMILES string of the molecule is CC(C)(C)c1ccnc(-c2csc(NC(=O)c3cncn3-c3cncnc3)n2)c1. The summed E-state index contributed by atoms with van der Waals surface area (Å²) in [6.45, 7) is 6.46. The van der Waals surface area contributed by atoms with Gasteiger partial charge in [0.25, 0.3) is 5.91 Å². The number of rotatable bonds is 4. The molecule has 0 atom stereocenters. The zero-order chi connectivity index (χ0) is 20.4. The number of hydrogen-bond acceptors (Lipinski definition) is 7. The van der Waals surface area contributed by atoms with Crippen molar-refractivity contribution in [2.24, 2.45) is 0 Å². The fraction of sp³-hybridized carbons (Fsp3) is 0.200. The first-order chi connectivity index (χ1) is 13.9. The van der Waals surface area contributed by atoms with Gasteiger partial charge < -0.3 is 0 Å². The van der Waals surface area contributed by atoms with Crippen molar-refractivity contribution in [3.63, 3.8) is 0 Å². The number of imidazole rings is 1. The number of pyridine rings is 1. The van der Waals surface area contributed by atoms with E-state index in [1.54, 1.807) is 29.5 Å². The highest BCUT2D eigenvalue weighted by molar-refractivity contribution is 7.14. The molecule has 146 valence electrons. The second-order valence-electron chi connectivity index (χ2n) is 7.42. The molecule has 0 saturated carbocycles. The molecule has 0 radical (unpaired) electrons. The average molecular weight is 405 g/mol. The molecule has 0 aliphatic carbocycles. The number of aromatic nitrogens is 6. The Balaban J connectivity index is 1.55. The topological polar surface area (TPSA) is 98.5 Å². The van der Waals surface area contributed by atoms with Gasteiger partial charge in [-0.3, -0.25) is 19.7 Å². The monoisotopic (exact) mass is 405 g/mol. The van der Waals surface area contributed by atoms with Gasteiger partial charge >= 0.3 is 0 Å². The van der Waals surface area contributed by atoms with Crippen LogP contribution in [0.3, 0.4) is 0 Å². The fourth-order valence-electron chi connectivity index (χ4n) is 2.73. The Labute approximate surface area is 171 Å². The standard InChI is InChI=1S/C20H19N7OS/c1-20(2,3)13-4-5-24-15(6-13)16-10-29-19(25-16)26-18(28)17-9-23-12-27(17)14-7-21-11-22-8-14/h4-12H,1-3H3,(H,25,26,28). The Morgan fingerprint density at radius 1 is 1.10 bits per heavy atom. The van der Waals surface area contributed by atoms with Crippen LogP contribution in [0.2, 0.25) is 0 Å². The lowest BCUT2D eigenvalue weighted by molar-refractivity contribution is 0.102. The first kappa shape index (κ1) is 18.9. The first-order valence-corrected chi connectivity index (χ1v) is 9.81. The van der Waals surface area contributed by atoms with E-state index in [-0.39, 0.29) is 11.3 Å². The van der Waals surface area contributed by atoms with Crippen LogP contribution in [0.4, 0.5) is 5.13 Å². The summed E-state index contributed by atoms with van der Waals surface area (Å²) in [5.74, 6) is -0.316. The maximum absolute atomic E-state index is 12.7. The van der Waals surface area contributed by atoms with E-state index in [1.165, 1.54) is 29.4 Å². The van der Waals surface area contributed by atoms with E-state index in [2.05, 4.69) is 51.0 Å². The summed E-state index contributed by atoms with van der Waals surface area (Å²) in [6, 6.07) is 4.04. The van der Waals surface area contributed by atoms with Crippen LogP contribution in [0.25, 0.3) is 17.1 Å². The van der Waals surface area contributed by atoms with E-state index in [4.69, 9.17) is 0 Å². The van der Waals surface area contributed by atoms with Crippen molar-refractivity contribution < 1.29 is 4.79 Å². The minimum absolute atomic E-state index is 0.0182. The van der Waals surface area contributed by atoms with Crippen LogP contribution in [0.1, 0.15) is 36.8 Å². The summed E-state index contributed by atoms with van der Waals surface area (Å²) in [4.78, 5) is 33.7. The third-order valence-corrected chi connectivity index (χ3v) is 5.07.